The van der Waals surface area contributed by atoms with Crippen molar-refractivity contribution in [3.63, 3.8) is 0 Å². The van der Waals surface area contributed by atoms with Crippen LogP contribution in [-0.4, -0.2) is 10.2 Å². The fourth-order valence-electron chi connectivity index (χ4n) is 1.62. The number of rotatable bonds is 3. The monoisotopic (exact) mass is 275 g/mol. The third-order valence-electron chi connectivity index (χ3n) is 2.58. The minimum absolute atomic E-state index is 0.122. The second-order valence-electron chi connectivity index (χ2n) is 3.91. The minimum atomic E-state index is -0.536. The lowest BCUT2D eigenvalue weighted by Crippen LogP contribution is -2.21. The lowest BCUT2D eigenvalue weighted by molar-refractivity contribution is -0.419. The van der Waals surface area contributed by atoms with Gasteiger partial charge in [-0.3, -0.25) is 10.1 Å². The van der Waals surface area contributed by atoms with Gasteiger partial charge in [0.05, 0.1) is 4.92 Å². The highest BCUT2D eigenvalue weighted by Crippen LogP contribution is 2.23. The highest BCUT2D eigenvalue weighted by Gasteiger charge is 2.17. The van der Waals surface area contributed by atoms with Crippen LogP contribution >= 0.6 is 12.6 Å². The van der Waals surface area contributed by atoms with E-state index in [1.807, 2.05) is 6.07 Å². The molecule has 1 aromatic rings. The molecule has 1 aromatic carbocycles. The Morgan fingerprint density at radius 3 is 2.63 bits per heavy atom. The summed E-state index contributed by atoms with van der Waals surface area (Å²) in [5, 5.41) is 25.0. The van der Waals surface area contributed by atoms with Crippen molar-refractivity contribution in [2.45, 2.75) is 5.25 Å². The summed E-state index contributed by atoms with van der Waals surface area (Å²) in [4.78, 5) is 10.2. The Morgan fingerprint density at radius 2 is 2.00 bits per heavy atom. The van der Waals surface area contributed by atoms with E-state index in [4.69, 9.17) is 0 Å². The Balaban J connectivity index is 2.29. The highest BCUT2D eigenvalue weighted by atomic mass is 32.1. The predicted octanol–water partition coefficient (Wildman–Crippen LogP) is 1.70. The topological polar surface area (TPSA) is 78.2 Å². The summed E-state index contributed by atoms with van der Waals surface area (Å²) in [6.07, 6.45) is 4.11. The van der Waals surface area contributed by atoms with Crippen LogP contribution in [0.15, 0.2) is 65.7 Å². The number of benzene rings is 1. The quantitative estimate of drug-likeness (QED) is 0.381. The van der Waals surface area contributed by atoms with Gasteiger partial charge in [0, 0.05) is 23.1 Å². The zero-order valence-corrected chi connectivity index (χ0v) is 10.7. The van der Waals surface area contributed by atoms with E-state index >= 15 is 0 Å². The molecular weight excluding hydrogens is 264 g/mol. The van der Waals surface area contributed by atoms with E-state index in [9.17, 15) is 15.2 Å². The van der Waals surface area contributed by atoms with Crippen LogP contribution in [0.1, 0.15) is 0 Å². The van der Waals surface area contributed by atoms with Crippen LogP contribution in [0.4, 0.5) is 5.69 Å². The summed E-state index contributed by atoms with van der Waals surface area (Å²) in [5.74, 6) is -0.394. The summed E-state index contributed by atoms with van der Waals surface area (Å²) in [5.41, 5.74) is 0.760. The van der Waals surface area contributed by atoms with Crippen molar-refractivity contribution >= 4 is 18.3 Å². The molecular formula is C13H11N2O3S-. The zero-order chi connectivity index (χ0) is 13.8. The van der Waals surface area contributed by atoms with Gasteiger partial charge in [0.2, 0.25) is 0 Å². The molecule has 0 spiro atoms. The van der Waals surface area contributed by atoms with Gasteiger partial charge in [0.25, 0.3) is 5.70 Å². The molecule has 6 heteroatoms. The molecule has 0 saturated heterocycles. The molecule has 19 heavy (non-hydrogen) atoms. The number of para-hydroxylation sites is 1. The normalized spacial score (nSPS) is 20.7. The number of hydrogen-bond acceptors (Lipinski definition) is 5. The molecule has 0 radical (unpaired) electrons. The van der Waals surface area contributed by atoms with E-state index in [1.54, 1.807) is 24.3 Å². The van der Waals surface area contributed by atoms with E-state index in [0.717, 1.165) is 0 Å². The van der Waals surface area contributed by atoms with Crippen LogP contribution in [0.5, 0.6) is 0 Å². The largest absolute Gasteiger partial charge is 0.860 e. The van der Waals surface area contributed by atoms with Crippen LogP contribution < -0.4 is 10.4 Å². The van der Waals surface area contributed by atoms with Crippen molar-refractivity contribution < 1.29 is 10.0 Å². The third-order valence-corrected chi connectivity index (χ3v) is 3.03. The van der Waals surface area contributed by atoms with Crippen LogP contribution in [0.3, 0.4) is 0 Å². The molecule has 1 N–H and O–H groups in total. The maximum atomic E-state index is 12.0. The van der Waals surface area contributed by atoms with Crippen molar-refractivity contribution in [3.8, 4) is 0 Å². The molecule has 0 fully saturated rings. The Labute approximate surface area is 115 Å². The second kappa shape index (κ2) is 5.62. The smallest absolute Gasteiger partial charge is 0.269 e. The number of thiol groups is 1. The molecule has 0 heterocycles. The SMILES string of the molecule is O=[N+]([O-])C1=C/C(=C(\[O-])Nc2ccccc2)[C@H](S)C=C1. The number of hydrogen-bond donors (Lipinski definition) is 2. The van der Waals surface area contributed by atoms with Crippen LogP contribution in [0, 0.1) is 10.1 Å². The van der Waals surface area contributed by atoms with Gasteiger partial charge in [-0.1, -0.05) is 24.3 Å². The maximum Gasteiger partial charge on any atom is 0.269 e. The number of nitro groups is 1. The Bertz CT molecular complexity index is 579. The van der Waals surface area contributed by atoms with Gasteiger partial charge in [0.15, 0.2) is 0 Å². The standard InChI is InChI=1S/C13H12N2O3S/c16-13(14-9-4-2-1-3-5-9)11-8-10(15(17)18)6-7-12(11)19/h1-8,12,14,16,19H/p-1/b13-11+/t12-/m1/s1. The average molecular weight is 275 g/mol. The number of nitrogens with one attached hydrogen (secondary N) is 1. The fraction of sp³-hybridized carbons (Fsp3) is 0.0769. The van der Waals surface area contributed by atoms with Gasteiger partial charge < -0.3 is 10.4 Å². The molecule has 1 aliphatic carbocycles. The summed E-state index contributed by atoms with van der Waals surface area (Å²) >= 11 is 4.22. The zero-order valence-electron chi connectivity index (χ0n) is 9.82. The van der Waals surface area contributed by atoms with Crippen molar-refractivity contribution in [1.82, 2.24) is 0 Å². The van der Waals surface area contributed by atoms with E-state index < -0.39 is 16.1 Å². The van der Waals surface area contributed by atoms with Gasteiger partial charge >= 0.3 is 0 Å². The van der Waals surface area contributed by atoms with Crippen LogP contribution in [0.25, 0.3) is 0 Å². The lowest BCUT2D eigenvalue weighted by Gasteiger charge is -2.23. The first-order chi connectivity index (χ1) is 9.08. The fourth-order valence-corrected chi connectivity index (χ4v) is 1.90. The van der Waals surface area contributed by atoms with Gasteiger partial charge in [-0.2, -0.15) is 12.6 Å². The van der Waals surface area contributed by atoms with Gasteiger partial charge in [-0.25, -0.2) is 0 Å². The summed E-state index contributed by atoms with van der Waals surface area (Å²) in [7, 11) is 0. The van der Waals surface area contributed by atoms with Crippen LogP contribution in [0.2, 0.25) is 0 Å². The molecule has 0 bridgehead atoms. The van der Waals surface area contributed by atoms with Crippen molar-refractivity contribution in [3.05, 3.63) is 75.8 Å². The Kier molecular flexibility index (Phi) is 3.91. The minimum Gasteiger partial charge on any atom is -0.860 e. The Morgan fingerprint density at radius 1 is 1.32 bits per heavy atom. The lowest BCUT2D eigenvalue weighted by atomic mass is 10.1. The van der Waals surface area contributed by atoms with E-state index in [0.29, 0.717) is 5.69 Å². The second-order valence-corrected chi connectivity index (χ2v) is 4.46. The highest BCUT2D eigenvalue weighted by molar-refractivity contribution is 7.81. The van der Waals surface area contributed by atoms with Crippen LogP contribution in [-0.2, 0) is 0 Å². The molecule has 0 unspecified atom stereocenters. The van der Waals surface area contributed by atoms with Crippen molar-refractivity contribution in [1.29, 1.82) is 0 Å². The first kappa shape index (κ1) is 13.2. The van der Waals surface area contributed by atoms with E-state index in [-0.39, 0.29) is 11.3 Å². The molecule has 5 nitrogen and oxygen atoms in total. The molecule has 1 atom stereocenters. The molecule has 0 amide bonds. The Hall–Kier alpha value is -2.21. The van der Waals surface area contributed by atoms with Gasteiger partial charge in [0.1, 0.15) is 0 Å². The first-order valence-corrected chi connectivity index (χ1v) is 6.05. The van der Waals surface area contributed by atoms with E-state index in [1.165, 1.54) is 18.2 Å². The number of allylic oxidation sites excluding steroid dienone is 2. The molecule has 98 valence electrons. The molecule has 1 aliphatic rings. The molecule has 0 aromatic heterocycles. The van der Waals surface area contributed by atoms with Crippen molar-refractivity contribution in [2.24, 2.45) is 0 Å². The summed E-state index contributed by atoms with van der Waals surface area (Å²) in [6, 6.07) is 8.89. The van der Waals surface area contributed by atoms with E-state index in [2.05, 4.69) is 17.9 Å². The summed E-state index contributed by atoms with van der Waals surface area (Å²) in [6.45, 7) is 0. The maximum absolute atomic E-state index is 12.0. The first-order valence-electron chi connectivity index (χ1n) is 5.53. The summed E-state index contributed by atoms with van der Waals surface area (Å²) < 4.78 is 0. The number of anilines is 1. The van der Waals surface area contributed by atoms with Gasteiger partial charge in [-0.15, -0.1) is 0 Å². The predicted molar refractivity (Wildman–Crippen MR) is 74.1 cm³/mol. The average Bonchev–Trinajstić information content (AvgIpc) is 2.40. The van der Waals surface area contributed by atoms with Crippen molar-refractivity contribution in [2.75, 3.05) is 5.32 Å². The molecule has 2 rings (SSSR count). The molecule has 0 aliphatic heterocycles. The van der Waals surface area contributed by atoms with Gasteiger partial charge in [-0.05, 0) is 23.6 Å². The molecule has 0 saturated carbocycles. The third kappa shape index (κ3) is 3.17. The number of nitrogens with zero attached hydrogens (tertiary/aromatic N) is 1.